The first-order valence-electron chi connectivity index (χ1n) is 11.6. The van der Waals surface area contributed by atoms with Crippen LogP contribution in [0.1, 0.15) is 64.3 Å². The second-order valence-corrected chi connectivity index (χ2v) is 7.79. The van der Waals surface area contributed by atoms with Gasteiger partial charge in [-0.15, -0.1) is 0 Å². The maximum absolute atomic E-state index is 9.90. The minimum absolute atomic E-state index is 0.913. The Hall–Kier alpha value is -3.11. The smallest absolute Gasteiger partial charge is 0.237 e. The first-order chi connectivity index (χ1) is 16.2. The summed E-state index contributed by atoms with van der Waals surface area (Å²) in [6.45, 7) is 19.2. The Morgan fingerprint density at radius 2 is 1.21 bits per heavy atom. The molecule has 0 saturated heterocycles. The number of imidazole rings is 1. The van der Waals surface area contributed by atoms with E-state index >= 15 is 0 Å². The lowest BCUT2D eigenvalue weighted by Crippen LogP contribution is -2.14. The third kappa shape index (κ3) is 18.5. The van der Waals surface area contributed by atoms with Gasteiger partial charge in [-0.3, -0.25) is 0 Å². The fraction of sp³-hybridized carbons (Fsp3) is 0.407. The zero-order valence-electron chi connectivity index (χ0n) is 22.6. The summed E-state index contributed by atoms with van der Waals surface area (Å²) in [6, 6.07) is 22.5. The Labute approximate surface area is 208 Å². The van der Waals surface area contributed by atoms with Crippen LogP contribution < -0.4 is 4.72 Å². The van der Waals surface area contributed by atoms with Crippen LogP contribution >= 0.6 is 0 Å². The number of nitrogens with zero attached hydrogens (tertiary/aromatic N) is 3. The van der Waals surface area contributed by atoms with E-state index in [9.17, 15) is 8.42 Å². The van der Waals surface area contributed by atoms with Gasteiger partial charge in [0.05, 0.1) is 11.9 Å². The summed E-state index contributed by atoms with van der Waals surface area (Å²) < 4.78 is 23.6. The number of aryl methyl sites for hydroxylation is 2. The molecule has 3 rings (SSSR count). The summed E-state index contributed by atoms with van der Waals surface area (Å²) >= 11 is 0. The molecule has 0 atom stereocenters. The number of hydrogen-bond donors (Lipinski definition) is 1. The maximum Gasteiger partial charge on any atom is 0.237 e. The summed E-state index contributed by atoms with van der Waals surface area (Å²) in [7, 11) is -3.29. The van der Waals surface area contributed by atoms with Crippen molar-refractivity contribution >= 4 is 10.0 Å². The van der Waals surface area contributed by atoms with E-state index < -0.39 is 10.0 Å². The predicted octanol–water partition coefficient (Wildman–Crippen LogP) is 6.64. The Kier molecular flexibility index (Phi) is 24.1. The Bertz CT molecular complexity index is 952. The highest BCUT2D eigenvalue weighted by atomic mass is 32.2. The van der Waals surface area contributed by atoms with Gasteiger partial charge in [0.15, 0.2) is 6.19 Å². The lowest BCUT2D eigenvalue weighted by molar-refractivity contribution is 0.597. The van der Waals surface area contributed by atoms with Crippen molar-refractivity contribution in [2.45, 2.75) is 68.9 Å². The maximum atomic E-state index is 9.90. The zero-order chi connectivity index (χ0) is 27.0. The molecule has 0 aliphatic carbocycles. The van der Waals surface area contributed by atoms with E-state index in [2.05, 4.69) is 54.6 Å². The molecule has 0 aliphatic heterocycles. The largest absolute Gasteiger partial charge is 0.328 e. The van der Waals surface area contributed by atoms with Crippen LogP contribution in [0.5, 0.6) is 0 Å². The van der Waals surface area contributed by atoms with Gasteiger partial charge in [0.2, 0.25) is 10.0 Å². The summed E-state index contributed by atoms with van der Waals surface area (Å²) in [4.78, 5) is 4.47. The van der Waals surface area contributed by atoms with Gasteiger partial charge in [-0.2, -0.15) is 5.26 Å². The molecule has 7 heteroatoms. The molecule has 0 aliphatic rings. The van der Waals surface area contributed by atoms with Crippen molar-refractivity contribution in [3.63, 3.8) is 0 Å². The van der Waals surface area contributed by atoms with Crippen LogP contribution in [-0.2, 0) is 16.6 Å². The molecule has 0 amide bonds. The number of nitrogens with one attached hydrogen (secondary N) is 1. The minimum atomic E-state index is -3.29. The number of benzene rings is 2. The third-order valence-corrected chi connectivity index (χ3v) is 4.19. The molecule has 6 nitrogen and oxygen atoms in total. The lowest BCUT2D eigenvalue weighted by Gasteiger charge is -2.07. The van der Waals surface area contributed by atoms with Crippen molar-refractivity contribution in [3.05, 3.63) is 89.5 Å². The fourth-order valence-electron chi connectivity index (χ4n) is 2.29. The standard InChI is InChI=1S/C13H16N2.C6H6.C2H4N2O2S.3C2H6/c1-10-11(2)15(12(3)14-10)9-13-7-5-4-6-8-13;1-2-4-6-5-3-1;1-7(5,6)4-2-3;3*1-2/h4-8H,9H2,1-3H3;1-6H;4H,1H3;3*1-2H3. The van der Waals surface area contributed by atoms with Gasteiger partial charge < -0.3 is 4.57 Å². The monoisotopic (exact) mass is 488 g/mol. The molecule has 0 radical (unpaired) electrons. The van der Waals surface area contributed by atoms with Crippen molar-refractivity contribution in [1.82, 2.24) is 14.3 Å². The van der Waals surface area contributed by atoms with Crippen molar-refractivity contribution in [1.29, 1.82) is 5.26 Å². The first kappa shape index (κ1) is 35.5. The SMILES string of the molecule is CC.CC.CC.CS(=O)(=O)NC#N.Cc1nc(C)n(Cc2ccccc2)c1C.c1ccccc1. The van der Waals surface area contributed by atoms with Gasteiger partial charge in [0.1, 0.15) is 5.82 Å². The molecule has 1 N–H and O–H groups in total. The van der Waals surface area contributed by atoms with Crippen LogP contribution in [0.4, 0.5) is 0 Å². The molecule has 34 heavy (non-hydrogen) atoms. The minimum Gasteiger partial charge on any atom is -0.328 e. The molecule has 1 aromatic heterocycles. The van der Waals surface area contributed by atoms with Gasteiger partial charge in [-0.1, -0.05) is 108 Å². The van der Waals surface area contributed by atoms with E-state index in [4.69, 9.17) is 5.26 Å². The van der Waals surface area contributed by atoms with E-state index in [1.54, 1.807) is 4.72 Å². The second kappa shape index (κ2) is 23.1. The number of nitriles is 1. The summed E-state index contributed by atoms with van der Waals surface area (Å²) in [5.74, 6) is 1.09. The molecule has 1 heterocycles. The second-order valence-electron chi connectivity index (χ2n) is 6.04. The summed E-state index contributed by atoms with van der Waals surface area (Å²) in [6.07, 6.45) is 2.18. The average Bonchev–Trinajstić information content (AvgIpc) is 3.10. The molecule has 0 unspecified atom stereocenters. The zero-order valence-corrected chi connectivity index (χ0v) is 23.4. The molecule has 0 bridgehead atoms. The molecule has 2 aromatic carbocycles. The fourth-order valence-corrected chi connectivity index (χ4v) is 2.45. The van der Waals surface area contributed by atoms with E-state index in [1.165, 1.54) is 17.5 Å². The molecule has 3 aromatic rings. The predicted molar refractivity (Wildman–Crippen MR) is 146 cm³/mol. The van der Waals surface area contributed by atoms with E-state index in [0.29, 0.717) is 0 Å². The summed E-state index contributed by atoms with van der Waals surface area (Å²) in [5.41, 5.74) is 3.71. The van der Waals surface area contributed by atoms with Gasteiger partial charge in [-0.05, 0) is 26.3 Å². The highest BCUT2D eigenvalue weighted by molar-refractivity contribution is 7.88. The molecular weight excluding hydrogens is 444 g/mol. The van der Waals surface area contributed by atoms with Gasteiger partial charge in [0, 0.05) is 12.2 Å². The van der Waals surface area contributed by atoms with Gasteiger partial charge >= 0.3 is 0 Å². The van der Waals surface area contributed by atoms with Crippen molar-refractivity contribution in [2.75, 3.05) is 6.26 Å². The molecular formula is C27H44N4O2S. The normalized spacial score (nSPS) is 8.62. The van der Waals surface area contributed by atoms with E-state index in [0.717, 1.165) is 24.3 Å². The van der Waals surface area contributed by atoms with Crippen LogP contribution in [0.2, 0.25) is 0 Å². The van der Waals surface area contributed by atoms with Crippen LogP contribution in [0.25, 0.3) is 0 Å². The van der Waals surface area contributed by atoms with Crippen molar-refractivity contribution < 1.29 is 8.42 Å². The van der Waals surface area contributed by atoms with Gasteiger partial charge in [-0.25, -0.2) is 18.1 Å². The first-order valence-corrected chi connectivity index (χ1v) is 13.5. The number of rotatable bonds is 3. The Morgan fingerprint density at radius 1 is 0.824 bits per heavy atom. The van der Waals surface area contributed by atoms with Crippen LogP contribution in [0, 0.1) is 32.2 Å². The quantitative estimate of drug-likeness (QED) is 0.331. The Morgan fingerprint density at radius 3 is 1.47 bits per heavy atom. The van der Waals surface area contributed by atoms with Crippen molar-refractivity contribution in [3.8, 4) is 6.19 Å². The summed E-state index contributed by atoms with van der Waals surface area (Å²) in [5, 5.41) is 7.66. The lowest BCUT2D eigenvalue weighted by atomic mass is 10.2. The van der Waals surface area contributed by atoms with Crippen molar-refractivity contribution in [2.24, 2.45) is 0 Å². The highest BCUT2D eigenvalue weighted by Gasteiger charge is 2.06. The van der Waals surface area contributed by atoms with E-state index in [-0.39, 0.29) is 0 Å². The van der Waals surface area contributed by atoms with Crippen LogP contribution in [0.3, 0.4) is 0 Å². The number of hydrogen-bond acceptors (Lipinski definition) is 4. The number of aromatic nitrogens is 2. The van der Waals surface area contributed by atoms with Crippen LogP contribution in [-0.4, -0.2) is 24.2 Å². The number of sulfonamides is 1. The molecule has 190 valence electrons. The highest BCUT2D eigenvalue weighted by Crippen LogP contribution is 2.12. The molecule has 0 saturated carbocycles. The van der Waals surface area contributed by atoms with Gasteiger partial charge in [0.25, 0.3) is 0 Å². The molecule has 0 fully saturated rings. The van der Waals surface area contributed by atoms with E-state index in [1.807, 2.05) is 84.0 Å². The average molecular weight is 489 g/mol. The molecule has 0 spiro atoms. The third-order valence-electron chi connectivity index (χ3n) is 3.73. The van der Waals surface area contributed by atoms with Crippen LogP contribution in [0.15, 0.2) is 66.7 Å². The Balaban J connectivity index is -0.000000425. The topological polar surface area (TPSA) is 87.8 Å².